The standard InChI is InChI=1S/C13H18F3N3O4.ClH/c1-20-8-5-7(17)6-21-9(8)10-18-19-11(22-10)12(3-2-4-12)23-13(14,15)16;/h7-9H,2-6,17H2,1H3;1H/t7-,8?,9+;/m1./s1. The highest BCUT2D eigenvalue weighted by molar-refractivity contribution is 5.85. The van der Waals surface area contributed by atoms with Crippen molar-refractivity contribution < 1.29 is 31.8 Å². The maximum absolute atomic E-state index is 12.6. The number of alkyl halides is 3. The molecular weight excluding hydrogens is 355 g/mol. The summed E-state index contributed by atoms with van der Waals surface area (Å²) in [6.07, 6.45) is -4.32. The van der Waals surface area contributed by atoms with Crippen LogP contribution in [-0.4, -0.2) is 42.4 Å². The van der Waals surface area contributed by atoms with Crippen LogP contribution in [0.4, 0.5) is 13.2 Å². The highest BCUT2D eigenvalue weighted by Crippen LogP contribution is 2.48. The first-order valence-electron chi connectivity index (χ1n) is 7.34. The third-order valence-electron chi connectivity index (χ3n) is 4.21. The molecule has 1 aliphatic carbocycles. The average Bonchev–Trinajstić information content (AvgIpc) is 2.91. The fourth-order valence-corrected chi connectivity index (χ4v) is 2.89. The highest BCUT2D eigenvalue weighted by atomic mass is 35.5. The first kappa shape index (κ1) is 19.4. The molecule has 0 bridgehead atoms. The number of rotatable bonds is 4. The molecule has 1 saturated heterocycles. The quantitative estimate of drug-likeness (QED) is 0.864. The summed E-state index contributed by atoms with van der Waals surface area (Å²) in [5, 5.41) is 7.58. The molecule has 24 heavy (non-hydrogen) atoms. The van der Waals surface area contributed by atoms with E-state index in [0.29, 0.717) is 12.8 Å². The van der Waals surface area contributed by atoms with E-state index in [2.05, 4.69) is 14.9 Å². The Morgan fingerprint density at radius 2 is 2.00 bits per heavy atom. The van der Waals surface area contributed by atoms with Gasteiger partial charge in [0.1, 0.15) is 0 Å². The van der Waals surface area contributed by atoms with E-state index in [4.69, 9.17) is 19.6 Å². The van der Waals surface area contributed by atoms with Crippen molar-refractivity contribution in [3.63, 3.8) is 0 Å². The summed E-state index contributed by atoms with van der Waals surface area (Å²) in [5.41, 5.74) is 4.21. The van der Waals surface area contributed by atoms with Crippen molar-refractivity contribution in [1.29, 1.82) is 0 Å². The maximum Gasteiger partial charge on any atom is 0.523 e. The van der Waals surface area contributed by atoms with Gasteiger partial charge in [-0.3, -0.25) is 4.74 Å². The van der Waals surface area contributed by atoms with Gasteiger partial charge in [-0.25, -0.2) is 0 Å². The Bertz CT molecular complexity index is 553. The molecule has 1 unspecified atom stereocenters. The van der Waals surface area contributed by atoms with Crippen LogP contribution in [0.25, 0.3) is 0 Å². The van der Waals surface area contributed by atoms with Gasteiger partial charge < -0.3 is 19.6 Å². The largest absolute Gasteiger partial charge is 0.523 e. The van der Waals surface area contributed by atoms with Crippen LogP contribution in [0, 0.1) is 0 Å². The van der Waals surface area contributed by atoms with Crippen molar-refractivity contribution >= 4 is 12.4 Å². The van der Waals surface area contributed by atoms with E-state index in [-0.39, 0.29) is 49.7 Å². The Hall–Kier alpha value is -0.940. The number of halogens is 4. The number of hydrogen-bond acceptors (Lipinski definition) is 7. The molecule has 138 valence electrons. The molecule has 0 amide bonds. The van der Waals surface area contributed by atoms with Crippen molar-refractivity contribution in [2.45, 2.75) is 55.9 Å². The van der Waals surface area contributed by atoms with Crippen molar-refractivity contribution in [2.75, 3.05) is 13.7 Å². The first-order chi connectivity index (χ1) is 10.8. The molecule has 0 aromatic carbocycles. The van der Waals surface area contributed by atoms with Crippen LogP contribution in [0.15, 0.2) is 4.42 Å². The van der Waals surface area contributed by atoms with Crippen molar-refractivity contribution in [1.82, 2.24) is 10.2 Å². The van der Waals surface area contributed by atoms with Gasteiger partial charge in [0.05, 0.1) is 12.7 Å². The normalized spacial score (nSPS) is 29.6. The van der Waals surface area contributed by atoms with E-state index in [9.17, 15) is 13.2 Å². The topological polar surface area (TPSA) is 92.6 Å². The molecule has 3 rings (SSSR count). The fraction of sp³-hybridized carbons (Fsp3) is 0.846. The lowest BCUT2D eigenvalue weighted by Gasteiger charge is -2.38. The second-order valence-corrected chi connectivity index (χ2v) is 5.86. The van der Waals surface area contributed by atoms with Gasteiger partial charge in [0, 0.05) is 13.2 Å². The SMILES string of the molecule is COC1C[C@@H](N)CO[C@@H]1c1nnc(C2(OC(F)(F)F)CCC2)o1.Cl. The molecule has 2 aliphatic rings. The summed E-state index contributed by atoms with van der Waals surface area (Å²) in [5.74, 6) is -0.0970. The second-order valence-electron chi connectivity index (χ2n) is 5.86. The zero-order valence-electron chi connectivity index (χ0n) is 12.9. The van der Waals surface area contributed by atoms with Gasteiger partial charge in [0.25, 0.3) is 0 Å². The molecule has 11 heteroatoms. The molecule has 0 spiro atoms. The molecule has 2 N–H and O–H groups in total. The van der Waals surface area contributed by atoms with Gasteiger partial charge in [0.2, 0.25) is 11.8 Å². The van der Waals surface area contributed by atoms with Gasteiger partial charge in [-0.05, 0) is 25.7 Å². The van der Waals surface area contributed by atoms with Crippen molar-refractivity contribution in [3.8, 4) is 0 Å². The van der Waals surface area contributed by atoms with Gasteiger partial charge in [-0.1, -0.05) is 0 Å². The molecule has 3 atom stereocenters. The summed E-state index contributed by atoms with van der Waals surface area (Å²) in [6, 6.07) is -0.176. The Balaban J connectivity index is 0.00000208. The molecule has 1 aromatic heterocycles. The van der Waals surface area contributed by atoms with Crippen LogP contribution < -0.4 is 5.73 Å². The van der Waals surface area contributed by atoms with Gasteiger partial charge in [0.15, 0.2) is 11.7 Å². The van der Waals surface area contributed by atoms with Crippen LogP contribution in [0.5, 0.6) is 0 Å². The smallest absolute Gasteiger partial charge is 0.419 e. The van der Waals surface area contributed by atoms with Gasteiger partial charge in [-0.2, -0.15) is 0 Å². The number of nitrogens with zero attached hydrogens (tertiary/aromatic N) is 2. The zero-order valence-corrected chi connectivity index (χ0v) is 13.7. The van der Waals surface area contributed by atoms with Crippen LogP contribution in [0.2, 0.25) is 0 Å². The minimum absolute atomic E-state index is 0. The van der Waals surface area contributed by atoms with E-state index in [0.717, 1.165) is 0 Å². The molecule has 1 aliphatic heterocycles. The summed E-state index contributed by atoms with van der Waals surface area (Å²) in [6.45, 7) is 0.284. The molecule has 2 fully saturated rings. The highest BCUT2D eigenvalue weighted by Gasteiger charge is 2.53. The lowest BCUT2D eigenvalue weighted by Crippen LogP contribution is -2.42. The minimum Gasteiger partial charge on any atom is -0.419 e. The van der Waals surface area contributed by atoms with Crippen LogP contribution in [0.1, 0.15) is 43.6 Å². The predicted octanol–water partition coefficient (Wildman–Crippen LogP) is 2.21. The number of nitrogens with two attached hydrogens (primary N) is 1. The van der Waals surface area contributed by atoms with Crippen LogP contribution in [0.3, 0.4) is 0 Å². The Kier molecular flexibility index (Phi) is 5.75. The van der Waals surface area contributed by atoms with Gasteiger partial charge >= 0.3 is 6.36 Å². The number of ether oxygens (including phenoxy) is 3. The van der Waals surface area contributed by atoms with E-state index in [1.807, 2.05) is 0 Å². The third-order valence-corrected chi connectivity index (χ3v) is 4.21. The number of hydrogen-bond donors (Lipinski definition) is 1. The monoisotopic (exact) mass is 373 g/mol. The Morgan fingerprint density at radius 1 is 1.29 bits per heavy atom. The van der Waals surface area contributed by atoms with Crippen LogP contribution in [-0.2, 0) is 19.8 Å². The Labute approximate surface area is 142 Å². The summed E-state index contributed by atoms with van der Waals surface area (Å²) in [4.78, 5) is 0. The molecule has 0 radical (unpaired) electrons. The minimum atomic E-state index is -4.77. The Morgan fingerprint density at radius 3 is 2.54 bits per heavy atom. The molecule has 1 aromatic rings. The van der Waals surface area contributed by atoms with Crippen molar-refractivity contribution in [2.24, 2.45) is 5.73 Å². The lowest BCUT2D eigenvalue weighted by atomic mass is 9.80. The molecule has 2 heterocycles. The third kappa shape index (κ3) is 3.83. The average molecular weight is 374 g/mol. The summed E-state index contributed by atoms with van der Waals surface area (Å²) < 4.78 is 58.4. The molecule has 7 nitrogen and oxygen atoms in total. The maximum atomic E-state index is 12.6. The number of aromatic nitrogens is 2. The number of methoxy groups -OCH3 is 1. The van der Waals surface area contributed by atoms with E-state index in [1.54, 1.807) is 0 Å². The summed E-state index contributed by atoms with van der Waals surface area (Å²) >= 11 is 0. The fourth-order valence-electron chi connectivity index (χ4n) is 2.89. The second kappa shape index (κ2) is 7.12. The first-order valence-corrected chi connectivity index (χ1v) is 7.34. The predicted molar refractivity (Wildman–Crippen MR) is 76.3 cm³/mol. The van der Waals surface area contributed by atoms with Crippen molar-refractivity contribution in [3.05, 3.63) is 11.8 Å². The van der Waals surface area contributed by atoms with Gasteiger partial charge in [-0.15, -0.1) is 35.8 Å². The lowest BCUT2D eigenvalue weighted by molar-refractivity contribution is -0.387. The summed E-state index contributed by atoms with van der Waals surface area (Å²) in [7, 11) is 1.50. The van der Waals surface area contributed by atoms with E-state index in [1.165, 1.54) is 7.11 Å². The zero-order chi connectivity index (χ0) is 16.7. The van der Waals surface area contributed by atoms with Crippen LogP contribution >= 0.6 is 12.4 Å². The molecule has 1 saturated carbocycles. The molecular formula is C13H19ClF3N3O4. The van der Waals surface area contributed by atoms with E-state index >= 15 is 0 Å². The van der Waals surface area contributed by atoms with E-state index < -0.39 is 24.2 Å².